The maximum atomic E-state index is 13.0. The molecule has 0 spiro atoms. The van der Waals surface area contributed by atoms with Crippen LogP contribution in [0.25, 0.3) is 0 Å². The van der Waals surface area contributed by atoms with Gasteiger partial charge in [-0.25, -0.2) is 13.4 Å². The summed E-state index contributed by atoms with van der Waals surface area (Å²) in [5.74, 6) is -0.732. The van der Waals surface area contributed by atoms with Crippen LogP contribution in [0, 0.1) is 0 Å². The second kappa shape index (κ2) is 8.76. The molecule has 3 heterocycles. The Morgan fingerprint density at radius 1 is 1.19 bits per heavy atom. The van der Waals surface area contributed by atoms with E-state index in [4.69, 9.17) is 11.6 Å². The third-order valence-electron chi connectivity index (χ3n) is 5.93. The first-order chi connectivity index (χ1) is 14.7. The molecule has 0 aromatic heterocycles. The Balaban J connectivity index is 1.53. The van der Waals surface area contributed by atoms with Gasteiger partial charge in [-0.1, -0.05) is 11.6 Å². The van der Waals surface area contributed by atoms with Gasteiger partial charge < -0.3 is 15.1 Å². The average Bonchev–Trinajstić information content (AvgIpc) is 3.09. The second-order valence-corrected chi connectivity index (χ2v) is 10.9. The van der Waals surface area contributed by atoms with E-state index in [2.05, 4.69) is 27.3 Å². The molecule has 2 amide bonds. The Kier molecular flexibility index (Phi) is 6.23. The Hall–Kier alpha value is -2.17. The predicted octanol–water partition coefficient (Wildman–Crippen LogP) is 1.20. The minimum Gasteiger partial charge on any atom is -0.367 e. The maximum absolute atomic E-state index is 13.0. The lowest BCUT2D eigenvalue weighted by atomic mass is 10.1. The summed E-state index contributed by atoms with van der Waals surface area (Å²) in [5, 5.41) is 8.86. The summed E-state index contributed by atoms with van der Waals surface area (Å²) < 4.78 is 23.6. The second-order valence-electron chi connectivity index (χ2n) is 8.25. The van der Waals surface area contributed by atoms with Gasteiger partial charge in [-0.05, 0) is 31.7 Å². The van der Waals surface area contributed by atoms with Gasteiger partial charge in [-0.2, -0.15) is 5.10 Å². The number of amides is 2. The number of hydrazone groups is 1. The molecule has 1 aromatic rings. The Morgan fingerprint density at radius 2 is 1.94 bits per heavy atom. The topological polar surface area (TPSA) is 102 Å². The number of likely N-dealkylation sites (N-methyl/N-ethyl adjacent to an activating group) is 1. The van der Waals surface area contributed by atoms with Gasteiger partial charge in [0.25, 0.3) is 5.91 Å². The maximum Gasteiger partial charge on any atom is 0.271 e. The van der Waals surface area contributed by atoms with Gasteiger partial charge in [0.2, 0.25) is 5.91 Å². The highest BCUT2D eigenvalue weighted by atomic mass is 35.5. The van der Waals surface area contributed by atoms with Crippen LogP contribution >= 0.6 is 11.6 Å². The van der Waals surface area contributed by atoms with Crippen LogP contribution in [0.15, 0.2) is 23.3 Å². The number of nitrogens with zero attached hydrogens (tertiary/aromatic N) is 4. The van der Waals surface area contributed by atoms with Gasteiger partial charge >= 0.3 is 0 Å². The minimum atomic E-state index is -3.17. The summed E-state index contributed by atoms with van der Waals surface area (Å²) in [4.78, 5) is 29.8. The van der Waals surface area contributed by atoms with Crippen LogP contribution in [0.3, 0.4) is 0 Å². The van der Waals surface area contributed by atoms with E-state index in [1.165, 1.54) is 5.01 Å². The molecule has 0 aliphatic carbocycles. The first kappa shape index (κ1) is 22.0. The number of carbonyl (C=O) groups is 2. The van der Waals surface area contributed by atoms with Crippen molar-refractivity contribution in [3.05, 3.63) is 23.2 Å². The van der Waals surface area contributed by atoms with E-state index in [9.17, 15) is 18.0 Å². The van der Waals surface area contributed by atoms with Crippen molar-refractivity contribution in [1.82, 2.24) is 9.91 Å². The first-order valence-corrected chi connectivity index (χ1v) is 12.6. The quantitative estimate of drug-likeness (QED) is 0.713. The molecule has 3 aliphatic heterocycles. The number of anilines is 2. The number of carbonyl (C=O) groups excluding carboxylic acids is 2. The van der Waals surface area contributed by atoms with Crippen molar-refractivity contribution >= 4 is 50.3 Å². The van der Waals surface area contributed by atoms with E-state index in [-0.39, 0.29) is 36.0 Å². The first-order valence-electron chi connectivity index (χ1n) is 10.4. The van der Waals surface area contributed by atoms with Gasteiger partial charge in [0, 0.05) is 44.0 Å². The van der Waals surface area contributed by atoms with Crippen LogP contribution in [0.5, 0.6) is 0 Å². The van der Waals surface area contributed by atoms with E-state index in [0.717, 1.165) is 31.9 Å². The fourth-order valence-electron chi connectivity index (χ4n) is 4.11. The van der Waals surface area contributed by atoms with Crippen LogP contribution in [0.1, 0.15) is 19.3 Å². The monoisotopic (exact) mass is 467 g/mol. The van der Waals surface area contributed by atoms with Crippen LogP contribution in [0.4, 0.5) is 11.4 Å². The van der Waals surface area contributed by atoms with Crippen LogP contribution in [0.2, 0.25) is 5.02 Å². The van der Waals surface area contributed by atoms with E-state index in [0.29, 0.717) is 17.1 Å². The molecule has 4 rings (SSSR count). The van der Waals surface area contributed by atoms with E-state index >= 15 is 0 Å². The molecule has 168 valence electrons. The minimum absolute atomic E-state index is 0.0371. The van der Waals surface area contributed by atoms with Crippen molar-refractivity contribution in [3.8, 4) is 0 Å². The lowest BCUT2D eigenvalue weighted by molar-refractivity contribution is -0.133. The summed E-state index contributed by atoms with van der Waals surface area (Å²) in [6.07, 6.45) is 0.684. The number of hydrogen-bond donors (Lipinski definition) is 1. The number of hydrogen-bond acceptors (Lipinski definition) is 7. The zero-order valence-corrected chi connectivity index (χ0v) is 19.0. The van der Waals surface area contributed by atoms with Crippen molar-refractivity contribution < 1.29 is 18.0 Å². The van der Waals surface area contributed by atoms with Crippen LogP contribution < -0.4 is 10.2 Å². The van der Waals surface area contributed by atoms with Crippen LogP contribution in [-0.2, 0) is 19.4 Å². The molecule has 1 N–H and O–H groups in total. The van der Waals surface area contributed by atoms with Gasteiger partial charge in [0.15, 0.2) is 9.84 Å². The molecular weight excluding hydrogens is 442 g/mol. The number of sulfone groups is 1. The summed E-state index contributed by atoms with van der Waals surface area (Å²) in [5.41, 5.74) is 1.70. The normalized spacial score (nSPS) is 24.3. The van der Waals surface area contributed by atoms with Crippen LogP contribution in [-0.4, -0.2) is 86.6 Å². The highest BCUT2D eigenvalue weighted by molar-refractivity contribution is 7.91. The third-order valence-corrected chi connectivity index (χ3v) is 7.91. The molecule has 1 unspecified atom stereocenters. The smallest absolute Gasteiger partial charge is 0.271 e. The molecule has 1 atom stereocenters. The van der Waals surface area contributed by atoms with E-state index in [1.807, 2.05) is 6.07 Å². The predicted molar refractivity (Wildman–Crippen MR) is 120 cm³/mol. The lowest BCUT2D eigenvalue weighted by Crippen LogP contribution is -2.45. The molecule has 31 heavy (non-hydrogen) atoms. The lowest BCUT2D eigenvalue weighted by Gasteiger charge is -2.35. The molecule has 0 radical (unpaired) electrons. The van der Waals surface area contributed by atoms with Gasteiger partial charge in [0.05, 0.1) is 28.9 Å². The van der Waals surface area contributed by atoms with Gasteiger partial charge in [-0.3, -0.25) is 9.59 Å². The average molecular weight is 468 g/mol. The summed E-state index contributed by atoms with van der Waals surface area (Å²) in [6.45, 7) is 3.51. The Bertz CT molecular complexity index is 1020. The fourth-order valence-corrected chi connectivity index (χ4v) is 5.98. The molecule has 1 aromatic carbocycles. The number of piperazine rings is 1. The third kappa shape index (κ3) is 5.02. The molecule has 2 saturated heterocycles. The van der Waals surface area contributed by atoms with E-state index in [1.54, 1.807) is 12.1 Å². The zero-order chi connectivity index (χ0) is 22.2. The van der Waals surface area contributed by atoms with Crippen molar-refractivity contribution in [2.75, 3.05) is 54.9 Å². The molecule has 0 saturated carbocycles. The van der Waals surface area contributed by atoms with E-state index < -0.39 is 21.8 Å². The van der Waals surface area contributed by atoms with Crippen molar-refractivity contribution in [2.24, 2.45) is 5.10 Å². The number of benzene rings is 1. The fraction of sp³-hybridized carbons (Fsp3) is 0.550. The SMILES string of the molecule is CN1CCN(c2ccc(Cl)cc2NC(=O)C2=NN(C3CCS(=O)(=O)C3)C(=O)CC2)CC1. The zero-order valence-electron chi connectivity index (χ0n) is 17.4. The van der Waals surface area contributed by atoms with Crippen molar-refractivity contribution in [3.63, 3.8) is 0 Å². The molecule has 0 bridgehead atoms. The van der Waals surface area contributed by atoms with Crippen molar-refractivity contribution in [1.29, 1.82) is 0 Å². The standard InChI is InChI=1S/C20H26ClN5O4S/c1-24-7-9-25(10-8-24)18-4-2-14(21)12-17(18)22-20(28)16-3-5-19(27)26(23-16)15-6-11-31(29,30)13-15/h2,4,12,15H,3,5-11,13H2,1H3,(H,22,28). The van der Waals surface area contributed by atoms with Gasteiger partial charge in [0.1, 0.15) is 5.71 Å². The summed E-state index contributed by atoms with van der Waals surface area (Å²) in [7, 11) is -1.09. The van der Waals surface area contributed by atoms with Crippen molar-refractivity contribution in [2.45, 2.75) is 25.3 Å². The molecular formula is C20H26ClN5O4S. The molecule has 11 heteroatoms. The molecule has 3 aliphatic rings. The Labute approximate surface area is 186 Å². The van der Waals surface area contributed by atoms with Gasteiger partial charge in [-0.15, -0.1) is 0 Å². The summed E-state index contributed by atoms with van der Waals surface area (Å²) >= 11 is 6.19. The molecule has 2 fully saturated rings. The highest BCUT2D eigenvalue weighted by Crippen LogP contribution is 2.30. The highest BCUT2D eigenvalue weighted by Gasteiger charge is 2.37. The number of rotatable bonds is 4. The summed E-state index contributed by atoms with van der Waals surface area (Å²) in [6, 6.07) is 4.89. The molecule has 9 nitrogen and oxygen atoms in total. The largest absolute Gasteiger partial charge is 0.367 e. The Morgan fingerprint density at radius 3 is 2.61 bits per heavy atom. The number of nitrogens with one attached hydrogen (secondary N) is 1. The number of halogens is 1.